The van der Waals surface area contributed by atoms with Gasteiger partial charge in [0.1, 0.15) is 10.4 Å². The van der Waals surface area contributed by atoms with Gasteiger partial charge in [-0.25, -0.2) is 9.78 Å². The molecule has 3 rings (SSSR count). The van der Waals surface area contributed by atoms with Gasteiger partial charge in [0.15, 0.2) is 5.58 Å². The first kappa shape index (κ1) is 12.5. The van der Waals surface area contributed by atoms with Crippen LogP contribution in [0.3, 0.4) is 0 Å². The summed E-state index contributed by atoms with van der Waals surface area (Å²) in [4.78, 5) is 27.7. The highest BCUT2D eigenvalue weighted by Crippen LogP contribution is 2.29. The van der Waals surface area contributed by atoms with E-state index < -0.39 is 11.6 Å². The Hall–Kier alpha value is -2.48. The van der Waals surface area contributed by atoms with Crippen molar-refractivity contribution in [2.24, 2.45) is 5.73 Å². The van der Waals surface area contributed by atoms with Gasteiger partial charge in [-0.1, -0.05) is 12.1 Å². The maximum atomic E-state index is 12.0. The van der Waals surface area contributed by atoms with Crippen LogP contribution in [-0.4, -0.2) is 20.8 Å². The van der Waals surface area contributed by atoms with Gasteiger partial charge in [0, 0.05) is 5.69 Å². The fourth-order valence-corrected chi connectivity index (χ4v) is 2.62. The zero-order valence-electron chi connectivity index (χ0n) is 10.4. The van der Waals surface area contributed by atoms with Gasteiger partial charge in [-0.2, -0.15) is 4.68 Å². The number of aromatic nitrogens is 3. The summed E-state index contributed by atoms with van der Waals surface area (Å²) in [6, 6.07) is 6.43. The van der Waals surface area contributed by atoms with Crippen LogP contribution in [0.2, 0.25) is 0 Å². The molecule has 0 atom stereocenters. The van der Waals surface area contributed by atoms with E-state index in [-0.39, 0.29) is 0 Å². The van der Waals surface area contributed by atoms with Gasteiger partial charge in [0.25, 0.3) is 10.8 Å². The molecule has 1 amide bonds. The molecule has 0 aliphatic heterocycles. The maximum Gasteiger partial charge on any atom is 0.341 e. The molecular weight excluding hydrogens is 280 g/mol. The Kier molecular flexibility index (Phi) is 2.87. The van der Waals surface area contributed by atoms with Crippen molar-refractivity contribution in [3.63, 3.8) is 0 Å². The van der Waals surface area contributed by atoms with Gasteiger partial charge in [-0.15, -0.1) is 0 Å². The number of nitrogens with one attached hydrogen (secondary N) is 1. The minimum atomic E-state index is -0.859. The summed E-state index contributed by atoms with van der Waals surface area (Å²) in [7, 11) is 0. The summed E-state index contributed by atoms with van der Waals surface area (Å²) < 4.78 is 6.28. The Balaban J connectivity index is 2.03. The number of primary amides is 1. The number of rotatable bonds is 2. The van der Waals surface area contributed by atoms with E-state index in [0.717, 1.165) is 16.4 Å². The number of benzene rings is 1. The van der Waals surface area contributed by atoms with E-state index in [9.17, 15) is 9.59 Å². The predicted molar refractivity (Wildman–Crippen MR) is 72.9 cm³/mol. The highest BCUT2D eigenvalue weighted by Gasteiger charge is 2.18. The van der Waals surface area contributed by atoms with Crippen molar-refractivity contribution >= 4 is 28.9 Å². The smallest absolute Gasteiger partial charge is 0.341 e. The number of carbonyl (C=O) groups excluding carboxylic acids is 1. The number of para-hydroxylation sites is 2. The number of fused-ring (bicyclic) bond motifs is 1. The van der Waals surface area contributed by atoms with Gasteiger partial charge in [0.05, 0.1) is 0 Å². The van der Waals surface area contributed by atoms with Crippen molar-refractivity contribution < 1.29 is 9.21 Å². The average molecular weight is 290 g/mol. The molecule has 0 saturated heterocycles. The number of carbonyl (C=O) groups is 1. The molecule has 2 heterocycles. The Morgan fingerprint density at radius 2 is 2.20 bits per heavy atom. The number of H-pyrrole nitrogens is 1. The minimum Gasteiger partial charge on any atom is -0.431 e. The second-order valence-electron chi connectivity index (χ2n) is 4.09. The molecule has 0 spiro atoms. The van der Waals surface area contributed by atoms with Crippen molar-refractivity contribution in [1.29, 1.82) is 0 Å². The first-order valence-corrected chi connectivity index (χ1v) is 6.53. The molecule has 20 heavy (non-hydrogen) atoms. The third-order valence-electron chi connectivity index (χ3n) is 2.70. The molecule has 0 bridgehead atoms. The standard InChI is InChI=1S/C12H10N4O3S/c1-6-9(10(17)16(15-6)11(13)18)20-12-14-7-4-2-3-5-8(7)19-12/h2-5,15H,1H3,(H2,13,18). The number of hydrogen-bond acceptors (Lipinski definition) is 5. The number of aryl methyl sites for hydroxylation is 1. The Morgan fingerprint density at radius 1 is 1.45 bits per heavy atom. The Morgan fingerprint density at radius 3 is 2.85 bits per heavy atom. The monoisotopic (exact) mass is 290 g/mol. The summed E-state index contributed by atoms with van der Waals surface area (Å²) in [6.07, 6.45) is 0. The molecule has 102 valence electrons. The summed E-state index contributed by atoms with van der Waals surface area (Å²) in [6.45, 7) is 1.67. The van der Waals surface area contributed by atoms with Gasteiger partial charge >= 0.3 is 6.03 Å². The molecule has 0 fully saturated rings. The normalized spacial score (nSPS) is 11.1. The molecule has 3 N–H and O–H groups in total. The van der Waals surface area contributed by atoms with Crippen molar-refractivity contribution in [2.75, 3.05) is 0 Å². The van der Waals surface area contributed by atoms with Crippen LogP contribution in [-0.2, 0) is 0 Å². The van der Waals surface area contributed by atoms with Crippen molar-refractivity contribution in [2.45, 2.75) is 17.0 Å². The topological polar surface area (TPSA) is 107 Å². The SMILES string of the molecule is Cc1[nH]n(C(N)=O)c(=O)c1Sc1nc2ccccc2o1. The lowest BCUT2D eigenvalue weighted by atomic mass is 10.3. The third-order valence-corrected chi connectivity index (χ3v) is 3.74. The highest BCUT2D eigenvalue weighted by atomic mass is 32.2. The lowest BCUT2D eigenvalue weighted by Gasteiger charge is -1.91. The third kappa shape index (κ3) is 1.99. The Bertz CT molecular complexity index is 828. The summed E-state index contributed by atoms with van der Waals surface area (Å²) in [5, 5.41) is 2.94. The first-order valence-electron chi connectivity index (χ1n) is 5.71. The summed E-state index contributed by atoms with van der Waals surface area (Å²) >= 11 is 1.05. The molecule has 0 saturated carbocycles. The summed E-state index contributed by atoms with van der Waals surface area (Å²) in [5.41, 5.74) is 6.46. The number of amides is 1. The fourth-order valence-electron chi connectivity index (χ4n) is 1.79. The lowest BCUT2D eigenvalue weighted by Crippen LogP contribution is -2.30. The number of nitrogens with zero attached hydrogens (tertiary/aromatic N) is 2. The fraction of sp³-hybridized carbons (Fsp3) is 0.0833. The maximum absolute atomic E-state index is 12.0. The quantitative estimate of drug-likeness (QED) is 0.747. The first-order chi connectivity index (χ1) is 9.56. The largest absolute Gasteiger partial charge is 0.431 e. The van der Waals surface area contributed by atoms with Crippen LogP contribution in [0.5, 0.6) is 0 Å². The predicted octanol–water partition coefficient (Wildman–Crippen LogP) is 1.70. The molecule has 0 aliphatic carbocycles. The van der Waals surface area contributed by atoms with E-state index in [1.165, 1.54) is 0 Å². The van der Waals surface area contributed by atoms with Gasteiger partial charge in [0.2, 0.25) is 0 Å². The number of nitrogens with two attached hydrogens (primary N) is 1. The molecule has 8 heteroatoms. The molecule has 0 unspecified atom stereocenters. The van der Waals surface area contributed by atoms with Crippen molar-refractivity contribution in [1.82, 2.24) is 14.8 Å². The van der Waals surface area contributed by atoms with Crippen LogP contribution in [0.15, 0.2) is 43.6 Å². The minimum absolute atomic E-state index is 0.329. The van der Waals surface area contributed by atoms with Crippen LogP contribution in [0.4, 0.5) is 4.79 Å². The molecule has 2 aromatic heterocycles. The second kappa shape index (κ2) is 4.57. The van der Waals surface area contributed by atoms with E-state index in [4.69, 9.17) is 10.2 Å². The van der Waals surface area contributed by atoms with Crippen LogP contribution in [0, 0.1) is 6.92 Å². The average Bonchev–Trinajstić information content (AvgIpc) is 2.94. The molecule has 0 radical (unpaired) electrons. The second-order valence-corrected chi connectivity index (χ2v) is 5.06. The molecular formula is C12H10N4O3S. The van der Waals surface area contributed by atoms with Gasteiger partial charge < -0.3 is 10.2 Å². The van der Waals surface area contributed by atoms with Gasteiger partial charge in [-0.05, 0) is 30.8 Å². The zero-order chi connectivity index (χ0) is 14.3. The molecule has 3 aromatic rings. The van der Waals surface area contributed by atoms with E-state index in [1.54, 1.807) is 13.0 Å². The molecule has 1 aromatic carbocycles. The number of aromatic amines is 1. The van der Waals surface area contributed by atoms with Crippen LogP contribution >= 0.6 is 11.8 Å². The van der Waals surface area contributed by atoms with E-state index in [1.807, 2.05) is 18.2 Å². The van der Waals surface area contributed by atoms with E-state index in [2.05, 4.69) is 10.1 Å². The lowest BCUT2D eigenvalue weighted by molar-refractivity contribution is 0.247. The molecule has 7 nitrogen and oxygen atoms in total. The van der Waals surface area contributed by atoms with Crippen LogP contribution in [0.1, 0.15) is 5.69 Å². The molecule has 0 aliphatic rings. The van der Waals surface area contributed by atoms with Gasteiger partial charge in [-0.3, -0.25) is 9.89 Å². The Labute approximate surface area is 116 Å². The van der Waals surface area contributed by atoms with Crippen molar-refractivity contribution in [3.8, 4) is 0 Å². The van der Waals surface area contributed by atoms with E-state index in [0.29, 0.717) is 26.9 Å². The van der Waals surface area contributed by atoms with Crippen LogP contribution in [0.25, 0.3) is 11.1 Å². The number of hydrogen-bond donors (Lipinski definition) is 2. The number of oxazole rings is 1. The van der Waals surface area contributed by atoms with Crippen LogP contribution < -0.4 is 11.3 Å². The van der Waals surface area contributed by atoms with E-state index >= 15 is 0 Å². The van der Waals surface area contributed by atoms with Crippen molar-refractivity contribution in [3.05, 3.63) is 40.3 Å². The highest BCUT2D eigenvalue weighted by molar-refractivity contribution is 7.99. The summed E-state index contributed by atoms with van der Waals surface area (Å²) in [5.74, 6) is 0. The zero-order valence-corrected chi connectivity index (χ0v) is 11.2.